The Bertz CT molecular complexity index is 133. The summed E-state index contributed by atoms with van der Waals surface area (Å²) >= 11 is 0. The molecule has 9 heavy (non-hydrogen) atoms. The van der Waals surface area contributed by atoms with Gasteiger partial charge in [0.2, 0.25) is 0 Å². The Kier molecular flexibility index (Phi) is 1.28. The van der Waals surface area contributed by atoms with E-state index in [-0.39, 0.29) is 0 Å². The Morgan fingerprint density at radius 2 is 2.44 bits per heavy atom. The summed E-state index contributed by atoms with van der Waals surface area (Å²) in [5, 5.41) is 3.29. The van der Waals surface area contributed by atoms with E-state index < -0.39 is 0 Å². The standard InChI is InChI=1S/C7H11NO/c1-2-6-4-8-5-7(6)9-3-1/h1-2,6-8H,3-5H2/t6-,7+/m1/s1. The Morgan fingerprint density at radius 3 is 3.33 bits per heavy atom. The van der Waals surface area contributed by atoms with Gasteiger partial charge >= 0.3 is 0 Å². The lowest BCUT2D eigenvalue weighted by Crippen LogP contribution is -2.24. The fourth-order valence-electron chi connectivity index (χ4n) is 1.46. The highest BCUT2D eigenvalue weighted by Crippen LogP contribution is 2.17. The van der Waals surface area contributed by atoms with E-state index in [1.54, 1.807) is 0 Å². The molecule has 50 valence electrons. The number of hydrogen-bond acceptors (Lipinski definition) is 2. The van der Waals surface area contributed by atoms with Crippen molar-refractivity contribution in [2.45, 2.75) is 6.10 Å². The van der Waals surface area contributed by atoms with E-state index in [1.807, 2.05) is 0 Å². The third-order valence-electron chi connectivity index (χ3n) is 1.99. The minimum atomic E-state index is 0.468. The van der Waals surface area contributed by atoms with Crippen LogP contribution in [0, 0.1) is 5.92 Å². The average Bonchev–Trinajstić information content (AvgIpc) is 2.33. The van der Waals surface area contributed by atoms with Crippen LogP contribution in [0.1, 0.15) is 0 Å². The van der Waals surface area contributed by atoms with Crippen LogP contribution in [0.4, 0.5) is 0 Å². The molecule has 0 aromatic carbocycles. The van der Waals surface area contributed by atoms with Gasteiger partial charge in [0.1, 0.15) is 0 Å². The topological polar surface area (TPSA) is 21.3 Å². The second-order valence-electron chi connectivity index (χ2n) is 2.62. The minimum absolute atomic E-state index is 0.468. The van der Waals surface area contributed by atoms with Crippen LogP contribution >= 0.6 is 0 Å². The van der Waals surface area contributed by atoms with Crippen molar-refractivity contribution in [3.8, 4) is 0 Å². The predicted molar refractivity (Wildman–Crippen MR) is 35.2 cm³/mol. The fraction of sp³-hybridized carbons (Fsp3) is 0.714. The molecule has 0 spiro atoms. The summed E-state index contributed by atoms with van der Waals surface area (Å²) < 4.78 is 5.45. The Hall–Kier alpha value is -0.340. The summed E-state index contributed by atoms with van der Waals surface area (Å²) in [4.78, 5) is 0. The monoisotopic (exact) mass is 125 g/mol. The van der Waals surface area contributed by atoms with Crippen LogP contribution in [0.5, 0.6) is 0 Å². The normalized spacial score (nSPS) is 40.9. The van der Waals surface area contributed by atoms with Gasteiger partial charge in [0.05, 0.1) is 12.7 Å². The molecule has 2 rings (SSSR count). The zero-order valence-electron chi connectivity index (χ0n) is 5.34. The van der Waals surface area contributed by atoms with Gasteiger partial charge in [-0.1, -0.05) is 12.2 Å². The maximum absolute atomic E-state index is 5.45. The third-order valence-corrected chi connectivity index (χ3v) is 1.99. The molecule has 2 nitrogen and oxygen atoms in total. The lowest BCUT2D eigenvalue weighted by molar-refractivity contribution is 0.0598. The quantitative estimate of drug-likeness (QED) is 0.466. The number of rotatable bonds is 0. The number of nitrogens with one attached hydrogen (secondary N) is 1. The Labute approximate surface area is 54.9 Å². The SMILES string of the molecule is C1=C[C@@H]2CNC[C@@H]2OC1. The van der Waals surface area contributed by atoms with Crippen LogP contribution in [0.3, 0.4) is 0 Å². The van der Waals surface area contributed by atoms with Crippen molar-refractivity contribution in [3.05, 3.63) is 12.2 Å². The molecular weight excluding hydrogens is 114 g/mol. The van der Waals surface area contributed by atoms with Gasteiger partial charge in [-0.2, -0.15) is 0 Å². The molecule has 2 aliphatic heterocycles. The van der Waals surface area contributed by atoms with Gasteiger partial charge in [0.15, 0.2) is 0 Å². The number of ether oxygens (including phenoxy) is 1. The van der Waals surface area contributed by atoms with E-state index in [2.05, 4.69) is 17.5 Å². The number of fused-ring (bicyclic) bond motifs is 1. The lowest BCUT2D eigenvalue weighted by atomic mass is 10.0. The fourth-order valence-corrected chi connectivity index (χ4v) is 1.46. The highest BCUT2D eigenvalue weighted by molar-refractivity contribution is 5.01. The van der Waals surface area contributed by atoms with Crippen LogP contribution in [0.2, 0.25) is 0 Å². The van der Waals surface area contributed by atoms with E-state index >= 15 is 0 Å². The van der Waals surface area contributed by atoms with Crippen molar-refractivity contribution in [1.29, 1.82) is 0 Å². The van der Waals surface area contributed by atoms with Gasteiger partial charge in [-0.15, -0.1) is 0 Å². The molecule has 2 aliphatic rings. The van der Waals surface area contributed by atoms with Gasteiger partial charge in [-0.05, 0) is 0 Å². The average molecular weight is 125 g/mol. The zero-order chi connectivity index (χ0) is 6.10. The summed E-state index contributed by atoms with van der Waals surface area (Å²) in [7, 11) is 0. The van der Waals surface area contributed by atoms with Gasteiger partial charge < -0.3 is 10.1 Å². The maximum Gasteiger partial charge on any atom is 0.0778 e. The molecule has 0 amide bonds. The van der Waals surface area contributed by atoms with Crippen LogP contribution < -0.4 is 5.32 Å². The van der Waals surface area contributed by atoms with Crippen molar-refractivity contribution in [2.24, 2.45) is 5.92 Å². The van der Waals surface area contributed by atoms with Crippen LogP contribution in [-0.2, 0) is 4.74 Å². The first-order valence-corrected chi connectivity index (χ1v) is 3.46. The maximum atomic E-state index is 5.45. The summed E-state index contributed by atoms with van der Waals surface area (Å²) in [6.45, 7) is 2.94. The summed E-state index contributed by atoms with van der Waals surface area (Å²) in [6.07, 6.45) is 4.83. The Morgan fingerprint density at radius 1 is 1.44 bits per heavy atom. The molecule has 0 aromatic rings. The van der Waals surface area contributed by atoms with E-state index in [4.69, 9.17) is 4.74 Å². The summed E-state index contributed by atoms with van der Waals surface area (Å²) in [6, 6.07) is 0. The van der Waals surface area contributed by atoms with E-state index in [0.717, 1.165) is 19.7 Å². The van der Waals surface area contributed by atoms with Crippen LogP contribution in [-0.4, -0.2) is 25.8 Å². The molecule has 2 heterocycles. The summed E-state index contributed by atoms with van der Waals surface area (Å²) in [5.41, 5.74) is 0. The molecule has 1 fully saturated rings. The first kappa shape index (κ1) is 5.45. The van der Waals surface area contributed by atoms with E-state index in [1.165, 1.54) is 0 Å². The smallest absolute Gasteiger partial charge is 0.0778 e. The molecule has 0 radical (unpaired) electrons. The largest absolute Gasteiger partial charge is 0.372 e. The minimum Gasteiger partial charge on any atom is -0.372 e. The second-order valence-corrected chi connectivity index (χ2v) is 2.62. The Balaban J connectivity index is 2.10. The first-order chi connectivity index (χ1) is 4.47. The van der Waals surface area contributed by atoms with Gasteiger partial charge in [0, 0.05) is 19.0 Å². The highest BCUT2D eigenvalue weighted by atomic mass is 16.5. The molecule has 0 saturated carbocycles. The molecular formula is C7H11NO. The molecule has 0 aliphatic carbocycles. The lowest BCUT2D eigenvalue weighted by Gasteiger charge is -2.18. The molecule has 1 N–H and O–H groups in total. The van der Waals surface area contributed by atoms with Crippen LogP contribution in [0.15, 0.2) is 12.2 Å². The summed E-state index contributed by atoms with van der Waals surface area (Å²) in [5.74, 6) is 0.652. The number of hydrogen-bond donors (Lipinski definition) is 1. The van der Waals surface area contributed by atoms with Crippen molar-refractivity contribution in [3.63, 3.8) is 0 Å². The zero-order valence-corrected chi connectivity index (χ0v) is 5.34. The van der Waals surface area contributed by atoms with Crippen molar-refractivity contribution in [1.82, 2.24) is 5.32 Å². The second kappa shape index (κ2) is 2.12. The highest BCUT2D eigenvalue weighted by Gasteiger charge is 2.26. The first-order valence-electron chi connectivity index (χ1n) is 3.46. The molecule has 2 atom stereocenters. The predicted octanol–water partition coefficient (Wildman–Crippen LogP) is 0.161. The van der Waals surface area contributed by atoms with Gasteiger partial charge in [-0.25, -0.2) is 0 Å². The molecule has 1 saturated heterocycles. The van der Waals surface area contributed by atoms with E-state index in [9.17, 15) is 0 Å². The molecule has 0 bridgehead atoms. The molecule has 0 aromatic heterocycles. The van der Waals surface area contributed by atoms with Crippen LogP contribution in [0.25, 0.3) is 0 Å². The van der Waals surface area contributed by atoms with E-state index in [0.29, 0.717) is 12.0 Å². The van der Waals surface area contributed by atoms with Crippen molar-refractivity contribution in [2.75, 3.05) is 19.7 Å². The van der Waals surface area contributed by atoms with Crippen molar-refractivity contribution >= 4 is 0 Å². The molecule has 0 unspecified atom stereocenters. The van der Waals surface area contributed by atoms with Gasteiger partial charge in [0.25, 0.3) is 0 Å². The van der Waals surface area contributed by atoms with Crippen molar-refractivity contribution < 1.29 is 4.74 Å². The third kappa shape index (κ3) is 0.884. The molecule has 2 heteroatoms. The van der Waals surface area contributed by atoms with Gasteiger partial charge in [-0.3, -0.25) is 0 Å².